The van der Waals surface area contributed by atoms with Crippen LogP contribution in [0.4, 0.5) is 0 Å². The molecule has 39 heavy (non-hydrogen) atoms. The van der Waals surface area contributed by atoms with E-state index in [2.05, 4.69) is 157 Å². The van der Waals surface area contributed by atoms with E-state index in [4.69, 9.17) is 0 Å². The van der Waals surface area contributed by atoms with Crippen molar-refractivity contribution in [2.75, 3.05) is 0 Å². The van der Waals surface area contributed by atoms with Gasteiger partial charge < -0.3 is 0 Å². The fourth-order valence-electron chi connectivity index (χ4n) is 4.95. The van der Waals surface area contributed by atoms with E-state index in [1.165, 1.54) is 43.2 Å². The molecule has 0 N–H and O–H groups in total. The van der Waals surface area contributed by atoms with Gasteiger partial charge in [-0.2, -0.15) is 0 Å². The van der Waals surface area contributed by atoms with Gasteiger partial charge in [0.05, 0.1) is 5.52 Å². The Balaban J connectivity index is 0.000000142. The van der Waals surface area contributed by atoms with Gasteiger partial charge in [-0.3, -0.25) is 4.98 Å². The zero-order valence-corrected chi connectivity index (χ0v) is 22.5. The van der Waals surface area contributed by atoms with E-state index in [9.17, 15) is 0 Å². The van der Waals surface area contributed by atoms with E-state index in [-0.39, 0.29) is 0 Å². The third kappa shape index (κ3) is 5.50. The highest BCUT2D eigenvalue weighted by Gasteiger charge is 2.15. The van der Waals surface area contributed by atoms with Crippen LogP contribution < -0.4 is 15.9 Å². The molecule has 186 valence electrons. The van der Waals surface area contributed by atoms with Crippen molar-refractivity contribution in [1.82, 2.24) is 4.98 Å². The minimum Gasteiger partial charge on any atom is -0.256 e. The monoisotopic (exact) mass is 517 g/mol. The minimum atomic E-state index is -0.446. The molecule has 0 aliphatic rings. The van der Waals surface area contributed by atoms with Crippen molar-refractivity contribution in [3.8, 4) is 11.1 Å². The number of rotatable bonds is 4. The fraction of sp³-hybridized carbons (Fsp3) is 0. The standard InChI is InChI=1S/C19H13N.C18H15P/c1-2-7-14(8-3-1)18-13-15-9-6-12-20-19(15)17-11-5-4-10-16(17)18;1-4-10-16(11-5-1)19(17-12-6-2-7-13-17)18-14-8-3-9-15-18/h1-13H;1-15H. The van der Waals surface area contributed by atoms with Gasteiger partial charge in [-0.25, -0.2) is 0 Å². The SMILES string of the molecule is c1ccc(-c2cc3cccnc3c3ccccc23)cc1.c1ccc(P(c2ccccc2)c2ccccc2)cc1. The van der Waals surface area contributed by atoms with Crippen LogP contribution in [-0.4, -0.2) is 4.98 Å². The lowest BCUT2D eigenvalue weighted by Crippen LogP contribution is -2.20. The Labute approximate surface area is 231 Å². The second-order valence-electron chi connectivity index (χ2n) is 9.25. The topological polar surface area (TPSA) is 12.9 Å². The summed E-state index contributed by atoms with van der Waals surface area (Å²) < 4.78 is 0. The molecule has 1 heterocycles. The van der Waals surface area contributed by atoms with Crippen molar-refractivity contribution in [3.05, 3.63) is 170 Å². The van der Waals surface area contributed by atoms with Gasteiger partial charge in [-0.1, -0.05) is 152 Å². The van der Waals surface area contributed by atoms with Gasteiger partial charge in [0.15, 0.2) is 0 Å². The summed E-state index contributed by atoms with van der Waals surface area (Å²) in [6.45, 7) is 0. The number of aromatic nitrogens is 1. The van der Waals surface area contributed by atoms with Gasteiger partial charge in [0.1, 0.15) is 0 Å². The molecule has 0 bridgehead atoms. The maximum Gasteiger partial charge on any atom is 0.0780 e. The van der Waals surface area contributed by atoms with Gasteiger partial charge in [-0.05, 0) is 52.5 Å². The van der Waals surface area contributed by atoms with Crippen LogP contribution in [0.15, 0.2) is 170 Å². The Morgan fingerprint density at radius 1 is 0.410 bits per heavy atom. The third-order valence-electron chi connectivity index (χ3n) is 6.74. The quantitative estimate of drug-likeness (QED) is 0.168. The number of nitrogens with zero attached hydrogens (tertiary/aromatic N) is 1. The zero-order valence-electron chi connectivity index (χ0n) is 21.6. The van der Waals surface area contributed by atoms with E-state index >= 15 is 0 Å². The summed E-state index contributed by atoms with van der Waals surface area (Å²) in [6, 6.07) is 57.7. The van der Waals surface area contributed by atoms with Gasteiger partial charge in [0.2, 0.25) is 0 Å². The van der Waals surface area contributed by atoms with Crippen molar-refractivity contribution in [3.63, 3.8) is 0 Å². The first-order valence-corrected chi connectivity index (χ1v) is 14.5. The number of pyridine rings is 1. The van der Waals surface area contributed by atoms with E-state index in [1.807, 2.05) is 18.3 Å². The first kappa shape index (κ1) is 24.7. The average Bonchev–Trinajstić information content (AvgIpc) is 3.03. The lowest BCUT2D eigenvalue weighted by molar-refractivity contribution is 1.43. The van der Waals surface area contributed by atoms with Crippen LogP contribution in [0.25, 0.3) is 32.8 Å². The molecule has 1 aromatic heterocycles. The van der Waals surface area contributed by atoms with E-state index < -0.39 is 7.92 Å². The van der Waals surface area contributed by atoms with Gasteiger partial charge in [-0.15, -0.1) is 0 Å². The Kier molecular flexibility index (Phi) is 7.52. The van der Waals surface area contributed by atoms with Crippen molar-refractivity contribution < 1.29 is 0 Å². The predicted molar refractivity (Wildman–Crippen MR) is 170 cm³/mol. The van der Waals surface area contributed by atoms with Crippen LogP contribution in [0.5, 0.6) is 0 Å². The summed E-state index contributed by atoms with van der Waals surface area (Å²) in [5, 5.41) is 7.85. The minimum absolute atomic E-state index is 0.446. The summed E-state index contributed by atoms with van der Waals surface area (Å²) in [5.74, 6) is 0. The number of benzene rings is 6. The van der Waals surface area contributed by atoms with Crippen LogP contribution in [0.2, 0.25) is 0 Å². The molecular formula is C37H28NP. The van der Waals surface area contributed by atoms with E-state index in [1.54, 1.807) is 0 Å². The van der Waals surface area contributed by atoms with Crippen LogP contribution in [0.3, 0.4) is 0 Å². The van der Waals surface area contributed by atoms with Gasteiger partial charge >= 0.3 is 0 Å². The van der Waals surface area contributed by atoms with Gasteiger partial charge in [0.25, 0.3) is 0 Å². The molecule has 0 unspecified atom stereocenters. The Morgan fingerprint density at radius 2 is 0.872 bits per heavy atom. The van der Waals surface area contributed by atoms with Crippen molar-refractivity contribution in [2.45, 2.75) is 0 Å². The van der Waals surface area contributed by atoms with E-state index in [0.29, 0.717) is 0 Å². The number of hydrogen-bond donors (Lipinski definition) is 0. The van der Waals surface area contributed by atoms with Crippen molar-refractivity contribution in [2.24, 2.45) is 0 Å². The molecular weight excluding hydrogens is 489 g/mol. The van der Waals surface area contributed by atoms with Crippen molar-refractivity contribution >= 4 is 45.5 Å². The molecule has 0 aliphatic heterocycles. The maximum atomic E-state index is 4.54. The average molecular weight is 518 g/mol. The molecule has 2 heteroatoms. The second kappa shape index (κ2) is 11.9. The lowest BCUT2D eigenvalue weighted by atomic mass is 9.95. The number of fused-ring (bicyclic) bond motifs is 3. The normalized spacial score (nSPS) is 10.8. The molecule has 7 rings (SSSR count). The first-order chi connectivity index (χ1) is 19.4. The smallest absolute Gasteiger partial charge is 0.0780 e. The first-order valence-electron chi connectivity index (χ1n) is 13.2. The molecule has 0 spiro atoms. The second-order valence-corrected chi connectivity index (χ2v) is 11.5. The molecule has 0 saturated carbocycles. The molecule has 0 atom stereocenters. The van der Waals surface area contributed by atoms with Crippen LogP contribution in [0, 0.1) is 0 Å². The molecule has 7 aromatic rings. The highest BCUT2D eigenvalue weighted by molar-refractivity contribution is 7.79. The van der Waals surface area contributed by atoms with Gasteiger partial charge in [0, 0.05) is 17.0 Å². The molecule has 0 fully saturated rings. The van der Waals surface area contributed by atoms with Crippen LogP contribution in [-0.2, 0) is 0 Å². The van der Waals surface area contributed by atoms with Crippen molar-refractivity contribution in [1.29, 1.82) is 0 Å². The molecule has 0 saturated heterocycles. The molecule has 1 nitrogen and oxygen atoms in total. The zero-order chi connectivity index (χ0) is 26.3. The van der Waals surface area contributed by atoms with Crippen LogP contribution in [0.1, 0.15) is 0 Å². The lowest BCUT2D eigenvalue weighted by Gasteiger charge is -2.18. The molecule has 0 radical (unpaired) electrons. The molecule has 6 aromatic carbocycles. The highest BCUT2D eigenvalue weighted by atomic mass is 31.1. The summed E-state index contributed by atoms with van der Waals surface area (Å²) in [7, 11) is -0.446. The summed E-state index contributed by atoms with van der Waals surface area (Å²) in [4.78, 5) is 4.54. The Morgan fingerprint density at radius 3 is 1.41 bits per heavy atom. The Hall–Kier alpha value is -4.58. The fourth-order valence-corrected chi connectivity index (χ4v) is 7.26. The predicted octanol–water partition coefficient (Wildman–Crippen LogP) is 8.50. The summed E-state index contributed by atoms with van der Waals surface area (Å²) in [5.41, 5.74) is 3.58. The largest absolute Gasteiger partial charge is 0.256 e. The molecule has 0 amide bonds. The maximum absolute atomic E-state index is 4.54. The summed E-state index contributed by atoms with van der Waals surface area (Å²) in [6.07, 6.45) is 1.86. The molecule has 0 aliphatic carbocycles. The highest BCUT2D eigenvalue weighted by Crippen LogP contribution is 2.34. The van der Waals surface area contributed by atoms with E-state index in [0.717, 1.165) is 5.52 Å². The third-order valence-corrected chi connectivity index (χ3v) is 9.18. The Bertz CT molecular complexity index is 1690. The number of hydrogen-bond acceptors (Lipinski definition) is 1. The summed E-state index contributed by atoms with van der Waals surface area (Å²) >= 11 is 0. The van der Waals surface area contributed by atoms with Crippen LogP contribution >= 0.6 is 7.92 Å².